The van der Waals surface area contributed by atoms with E-state index in [0.29, 0.717) is 25.9 Å². The van der Waals surface area contributed by atoms with E-state index in [-0.39, 0.29) is 18.6 Å². The predicted octanol–water partition coefficient (Wildman–Crippen LogP) is 0.493. The summed E-state index contributed by atoms with van der Waals surface area (Å²) in [5, 5.41) is 2.67. The van der Waals surface area contributed by atoms with E-state index < -0.39 is 18.8 Å². The normalized spacial score (nSPS) is 23.3. The van der Waals surface area contributed by atoms with Crippen LogP contribution in [0.4, 0.5) is 13.2 Å². The molecule has 0 bridgehead atoms. The molecule has 1 aliphatic rings. The summed E-state index contributed by atoms with van der Waals surface area (Å²) in [4.78, 5) is 12.9. The van der Waals surface area contributed by atoms with Crippen molar-refractivity contribution in [2.45, 2.75) is 37.6 Å². The number of rotatable bonds is 7. The molecule has 2 atom stereocenters. The van der Waals surface area contributed by atoms with Crippen molar-refractivity contribution in [2.75, 3.05) is 33.2 Å². The van der Waals surface area contributed by atoms with E-state index in [4.69, 9.17) is 10.5 Å². The summed E-state index contributed by atoms with van der Waals surface area (Å²) < 4.78 is 41.7. The third kappa shape index (κ3) is 6.53. The molecule has 0 spiro atoms. The molecular weight excluding hydrogens is 275 g/mol. The van der Waals surface area contributed by atoms with Crippen LogP contribution in [0.25, 0.3) is 0 Å². The van der Waals surface area contributed by atoms with Gasteiger partial charge in [0.25, 0.3) is 0 Å². The fraction of sp³-hybridized carbons (Fsp3) is 0.917. The number of nitrogens with one attached hydrogen (secondary N) is 1. The Kier molecular flexibility index (Phi) is 6.70. The lowest BCUT2D eigenvalue weighted by atomic mass is 10.2. The Labute approximate surface area is 116 Å². The van der Waals surface area contributed by atoms with E-state index >= 15 is 0 Å². The van der Waals surface area contributed by atoms with Crippen molar-refractivity contribution in [3.8, 4) is 0 Å². The monoisotopic (exact) mass is 297 g/mol. The van der Waals surface area contributed by atoms with Gasteiger partial charge in [0.2, 0.25) is 5.91 Å². The minimum absolute atomic E-state index is 0.0660. The van der Waals surface area contributed by atoms with Gasteiger partial charge in [0.15, 0.2) is 0 Å². The van der Waals surface area contributed by atoms with Crippen LogP contribution in [0, 0.1) is 0 Å². The van der Waals surface area contributed by atoms with Crippen LogP contribution in [-0.2, 0) is 9.53 Å². The van der Waals surface area contributed by atoms with Crippen molar-refractivity contribution in [2.24, 2.45) is 5.73 Å². The van der Waals surface area contributed by atoms with Gasteiger partial charge in [0.05, 0.1) is 12.6 Å². The number of hydrogen-bond donors (Lipinski definition) is 2. The van der Waals surface area contributed by atoms with Gasteiger partial charge in [-0.15, -0.1) is 0 Å². The molecule has 0 aliphatic carbocycles. The Morgan fingerprint density at radius 3 is 2.70 bits per heavy atom. The standard InChI is InChI=1S/C12H22F3N3O2/c1-18(8-12(13,14)15)6-2-5-17-11(19)10-4-3-9(7-16)20-10/h9-10H,2-8,16H2,1H3,(H,17,19)/t9-,10+/m1/s1. The Hall–Kier alpha value is -0.860. The van der Waals surface area contributed by atoms with Gasteiger partial charge in [-0.2, -0.15) is 13.2 Å². The number of carbonyl (C=O) groups excluding carboxylic acids is 1. The van der Waals surface area contributed by atoms with Crippen molar-refractivity contribution >= 4 is 5.91 Å². The number of nitrogens with two attached hydrogens (primary N) is 1. The first-order chi connectivity index (χ1) is 9.31. The molecule has 0 unspecified atom stereocenters. The van der Waals surface area contributed by atoms with Crippen molar-refractivity contribution in [3.05, 3.63) is 0 Å². The van der Waals surface area contributed by atoms with Crippen molar-refractivity contribution in [1.29, 1.82) is 0 Å². The highest BCUT2D eigenvalue weighted by Crippen LogP contribution is 2.18. The Morgan fingerprint density at radius 2 is 2.15 bits per heavy atom. The molecule has 1 saturated heterocycles. The lowest BCUT2D eigenvalue weighted by molar-refractivity contribution is -0.143. The summed E-state index contributed by atoms with van der Waals surface area (Å²) in [5.74, 6) is -0.209. The van der Waals surface area contributed by atoms with Crippen LogP contribution >= 0.6 is 0 Å². The lowest BCUT2D eigenvalue weighted by Crippen LogP contribution is -2.37. The van der Waals surface area contributed by atoms with Crippen LogP contribution in [0.1, 0.15) is 19.3 Å². The van der Waals surface area contributed by atoms with E-state index in [1.807, 2.05) is 0 Å². The van der Waals surface area contributed by atoms with Crippen LogP contribution in [0.2, 0.25) is 0 Å². The average Bonchev–Trinajstić information content (AvgIpc) is 2.81. The second kappa shape index (κ2) is 7.80. The largest absolute Gasteiger partial charge is 0.401 e. The van der Waals surface area contributed by atoms with Gasteiger partial charge >= 0.3 is 6.18 Å². The zero-order valence-corrected chi connectivity index (χ0v) is 11.6. The Bertz CT molecular complexity index is 313. The summed E-state index contributed by atoms with van der Waals surface area (Å²) >= 11 is 0. The maximum Gasteiger partial charge on any atom is 0.401 e. The molecule has 0 aromatic carbocycles. The second-order valence-corrected chi connectivity index (χ2v) is 5.06. The van der Waals surface area contributed by atoms with Crippen LogP contribution in [0.3, 0.4) is 0 Å². The molecule has 1 rings (SSSR count). The van der Waals surface area contributed by atoms with Crippen molar-refractivity contribution < 1.29 is 22.7 Å². The van der Waals surface area contributed by atoms with Crippen LogP contribution in [-0.4, -0.2) is 62.4 Å². The molecule has 1 fully saturated rings. The first-order valence-corrected chi connectivity index (χ1v) is 6.70. The number of hydrogen-bond acceptors (Lipinski definition) is 4. The molecule has 118 valence electrons. The average molecular weight is 297 g/mol. The summed E-state index contributed by atoms with van der Waals surface area (Å²) in [7, 11) is 1.40. The van der Waals surface area contributed by atoms with Crippen molar-refractivity contribution in [1.82, 2.24) is 10.2 Å². The third-order valence-corrected chi connectivity index (χ3v) is 3.13. The highest BCUT2D eigenvalue weighted by molar-refractivity contribution is 5.80. The van der Waals surface area contributed by atoms with Gasteiger partial charge in [-0.25, -0.2) is 0 Å². The van der Waals surface area contributed by atoms with Gasteiger partial charge in [-0.1, -0.05) is 0 Å². The van der Waals surface area contributed by atoms with Crippen molar-refractivity contribution in [3.63, 3.8) is 0 Å². The molecule has 8 heteroatoms. The van der Waals surface area contributed by atoms with Gasteiger partial charge < -0.3 is 15.8 Å². The molecule has 0 radical (unpaired) electrons. The maximum atomic E-state index is 12.1. The molecule has 5 nitrogen and oxygen atoms in total. The first-order valence-electron chi connectivity index (χ1n) is 6.70. The van der Waals surface area contributed by atoms with Crippen LogP contribution in [0.5, 0.6) is 0 Å². The quantitative estimate of drug-likeness (QED) is 0.671. The van der Waals surface area contributed by atoms with Gasteiger partial charge in [-0.3, -0.25) is 9.69 Å². The summed E-state index contributed by atoms with van der Waals surface area (Å²) in [6.07, 6.45) is -2.86. The molecule has 1 aliphatic heterocycles. The van der Waals surface area contributed by atoms with E-state index in [1.165, 1.54) is 11.9 Å². The molecule has 0 aromatic rings. The molecule has 0 aromatic heterocycles. The first kappa shape index (κ1) is 17.2. The number of nitrogens with zero attached hydrogens (tertiary/aromatic N) is 1. The molecule has 20 heavy (non-hydrogen) atoms. The number of halogens is 3. The molecular formula is C12H22F3N3O2. The van der Waals surface area contributed by atoms with Gasteiger partial charge in [0, 0.05) is 13.1 Å². The Morgan fingerprint density at radius 1 is 1.45 bits per heavy atom. The molecule has 0 saturated carbocycles. The zero-order chi connectivity index (χ0) is 15.2. The fourth-order valence-corrected chi connectivity index (χ4v) is 2.13. The summed E-state index contributed by atoms with van der Waals surface area (Å²) in [6.45, 7) is 0.0712. The minimum Gasteiger partial charge on any atom is -0.364 e. The van der Waals surface area contributed by atoms with Crippen LogP contribution in [0.15, 0.2) is 0 Å². The predicted molar refractivity (Wildman–Crippen MR) is 68.1 cm³/mol. The molecule has 3 N–H and O–H groups in total. The van der Waals surface area contributed by atoms with E-state index in [2.05, 4.69) is 5.32 Å². The van der Waals surface area contributed by atoms with E-state index in [1.54, 1.807) is 0 Å². The number of carbonyl (C=O) groups is 1. The summed E-state index contributed by atoms with van der Waals surface area (Å²) in [5.41, 5.74) is 5.45. The topological polar surface area (TPSA) is 67.6 Å². The van der Waals surface area contributed by atoms with Crippen LogP contribution < -0.4 is 11.1 Å². The van der Waals surface area contributed by atoms with E-state index in [0.717, 1.165) is 6.42 Å². The smallest absolute Gasteiger partial charge is 0.364 e. The molecule has 1 amide bonds. The zero-order valence-electron chi connectivity index (χ0n) is 11.6. The molecule has 1 heterocycles. The van der Waals surface area contributed by atoms with Gasteiger partial charge in [0.1, 0.15) is 6.10 Å². The van der Waals surface area contributed by atoms with E-state index in [9.17, 15) is 18.0 Å². The number of ether oxygens (including phenoxy) is 1. The maximum absolute atomic E-state index is 12.1. The number of amides is 1. The SMILES string of the molecule is CN(CCCNC(=O)[C@@H]1CC[C@H](CN)O1)CC(F)(F)F. The minimum atomic E-state index is -4.19. The van der Waals surface area contributed by atoms with Gasteiger partial charge in [-0.05, 0) is 32.9 Å². The Balaban J connectivity index is 2.11. The second-order valence-electron chi connectivity index (χ2n) is 5.06. The highest BCUT2D eigenvalue weighted by Gasteiger charge is 2.30. The number of alkyl halides is 3. The third-order valence-electron chi connectivity index (χ3n) is 3.13. The highest BCUT2D eigenvalue weighted by atomic mass is 19.4. The fourth-order valence-electron chi connectivity index (χ4n) is 2.13. The summed E-state index contributed by atoms with van der Waals surface area (Å²) in [6, 6.07) is 0. The lowest BCUT2D eigenvalue weighted by Gasteiger charge is -2.18.